The highest BCUT2D eigenvalue weighted by atomic mass is 35.5. The first-order valence-corrected chi connectivity index (χ1v) is 7.98. The van der Waals surface area contributed by atoms with Gasteiger partial charge in [-0.3, -0.25) is 4.79 Å². The number of aryl methyl sites for hydroxylation is 2. The van der Waals surface area contributed by atoms with Crippen molar-refractivity contribution in [3.8, 4) is 0 Å². The number of carbonyl (C=O) groups is 2. The maximum atomic E-state index is 12.5. The minimum atomic E-state index is -0.776. The summed E-state index contributed by atoms with van der Waals surface area (Å²) in [5.74, 6) is -0.799. The molecule has 0 radical (unpaired) electrons. The molecule has 0 saturated heterocycles. The van der Waals surface area contributed by atoms with E-state index in [1.54, 1.807) is 30.3 Å². The normalized spacial score (nSPS) is 11.7. The molecule has 0 aromatic heterocycles. The Labute approximate surface area is 146 Å². The molecular formula is C19H20ClNO3. The molecule has 2 aromatic carbocycles. The van der Waals surface area contributed by atoms with Gasteiger partial charge in [0.05, 0.1) is 7.11 Å². The first-order valence-electron chi connectivity index (χ1n) is 7.60. The number of nitrogens with one attached hydrogen (secondary N) is 1. The lowest BCUT2D eigenvalue weighted by atomic mass is 10.0. The van der Waals surface area contributed by atoms with E-state index < -0.39 is 12.0 Å². The van der Waals surface area contributed by atoms with Gasteiger partial charge in [-0.1, -0.05) is 40.9 Å². The summed E-state index contributed by atoms with van der Waals surface area (Å²) >= 11 is 5.97. The van der Waals surface area contributed by atoms with Crippen LogP contribution in [0.2, 0.25) is 5.02 Å². The Morgan fingerprint density at radius 2 is 1.79 bits per heavy atom. The Balaban J connectivity index is 2.19. The van der Waals surface area contributed by atoms with Crippen molar-refractivity contribution in [3.63, 3.8) is 0 Å². The maximum absolute atomic E-state index is 12.5. The fraction of sp³-hybridized carbons (Fsp3) is 0.263. The number of esters is 1. The third-order valence-corrected chi connectivity index (χ3v) is 3.84. The lowest BCUT2D eigenvalue weighted by molar-refractivity contribution is -0.142. The molecule has 1 N–H and O–H groups in total. The second-order valence-electron chi connectivity index (χ2n) is 5.76. The van der Waals surface area contributed by atoms with Crippen molar-refractivity contribution in [1.29, 1.82) is 0 Å². The number of hydrogen-bond acceptors (Lipinski definition) is 3. The van der Waals surface area contributed by atoms with Gasteiger partial charge in [0, 0.05) is 17.0 Å². The quantitative estimate of drug-likeness (QED) is 0.844. The first kappa shape index (κ1) is 18.0. The van der Waals surface area contributed by atoms with E-state index >= 15 is 0 Å². The molecule has 0 aliphatic heterocycles. The molecule has 0 bridgehead atoms. The zero-order chi connectivity index (χ0) is 17.7. The highest BCUT2D eigenvalue weighted by molar-refractivity contribution is 6.30. The summed E-state index contributed by atoms with van der Waals surface area (Å²) in [4.78, 5) is 24.5. The lowest BCUT2D eigenvalue weighted by Crippen LogP contribution is -2.43. The molecule has 1 amide bonds. The van der Waals surface area contributed by atoms with E-state index in [4.69, 9.17) is 16.3 Å². The molecule has 4 nitrogen and oxygen atoms in total. The van der Waals surface area contributed by atoms with Gasteiger partial charge in [-0.05, 0) is 43.7 Å². The molecule has 0 fully saturated rings. The minimum Gasteiger partial charge on any atom is -0.467 e. The number of ether oxygens (including phenoxy) is 1. The summed E-state index contributed by atoms with van der Waals surface area (Å²) in [6.07, 6.45) is 0.309. The van der Waals surface area contributed by atoms with Crippen LogP contribution in [-0.4, -0.2) is 25.0 Å². The fourth-order valence-electron chi connectivity index (χ4n) is 2.58. The summed E-state index contributed by atoms with van der Waals surface area (Å²) in [6.45, 7) is 3.85. The number of methoxy groups -OCH3 is 1. The Bertz CT molecular complexity index is 738. The van der Waals surface area contributed by atoms with E-state index in [0.29, 0.717) is 17.0 Å². The van der Waals surface area contributed by atoms with Gasteiger partial charge in [0.15, 0.2) is 0 Å². The molecule has 1 atom stereocenters. The van der Waals surface area contributed by atoms with E-state index in [1.807, 2.05) is 26.0 Å². The van der Waals surface area contributed by atoms with Crippen LogP contribution < -0.4 is 5.32 Å². The van der Waals surface area contributed by atoms with E-state index in [9.17, 15) is 9.59 Å². The predicted molar refractivity (Wildman–Crippen MR) is 94.3 cm³/mol. The molecule has 126 valence electrons. The largest absolute Gasteiger partial charge is 0.467 e. The smallest absolute Gasteiger partial charge is 0.328 e. The summed E-state index contributed by atoms with van der Waals surface area (Å²) in [6, 6.07) is 12.0. The van der Waals surface area contributed by atoms with Crippen molar-refractivity contribution in [2.45, 2.75) is 26.3 Å². The molecule has 0 heterocycles. The molecule has 5 heteroatoms. The van der Waals surface area contributed by atoms with Crippen molar-refractivity contribution in [3.05, 3.63) is 69.7 Å². The SMILES string of the molecule is COC(=O)[C@H](Cc1cccc(Cl)c1)NC(=O)c1cc(C)cc(C)c1. The molecule has 0 unspecified atom stereocenters. The van der Waals surface area contributed by atoms with Gasteiger partial charge in [0.25, 0.3) is 5.91 Å². The van der Waals surface area contributed by atoms with Gasteiger partial charge < -0.3 is 10.1 Å². The van der Waals surface area contributed by atoms with E-state index in [0.717, 1.165) is 16.7 Å². The fourth-order valence-corrected chi connectivity index (χ4v) is 2.80. The second-order valence-corrected chi connectivity index (χ2v) is 6.20. The van der Waals surface area contributed by atoms with Crippen LogP contribution in [0.5, 0.6) is 0 Å². The Kier molecular flexibility index (Phi) is 5.99. The van der Waals surface area contributed by atoms with Gasteiger partial charge in [0.1, 0.15) is 6.04 Å². The van der Waals surface area contributed by atoms with Gasteiger partial charge in [-0.15, -0.1) is 0 Å². The first-order chi connectivity index (χ1) is 11.4. The van der Waals surface area contributed by atoms with Crippen LogP contribution >= 0.6 is 11.6 Å². The lowest BCUT2D eigenvalue weighted by Gasteiger charge is -2.17. The van der Waals surface area contributed by atoms with Crippen LogP contribution in [0.4, 0.5) is 0 Å². The number of hydrogen-bond donors (Lipinski definition) is 1. The zero-order valence-corrected chi connectivity index (χ0v) is 14.7. The van der Waals surface area contributed by atoms with Crippen LogP contribution in [-0.2, 0) is 16.0 Å². The van der Waals surface area contributed by atoms with Crippen LogP contribution in [0.15, 0.2) is 42.5 Å². The van der Waals surface area contributed by atoms with Gasteiger partial charge in [0.2, 0.25) is 0 Å². The highest BCUT2D eigenvalue weighted by Gasteiger charge is 2.23. The second kappa shape index (κ2) is 7.97. The standard InChI is InChI=1S/C19H20ClNO3/c1-12-7-13(2)9-15(8-12)18(22)21-17(19(23)24-3)11-14-5-4-6-16(20)10-14/h4-10,17H,11H2,1-3H3,(H,21,22)/t17-/m0/s1. The van der Waals surface area contributed by atoms with Crippen molar-refractivity contribution in [2.75, 3.05) is 7.11 Å². The van der Waals surface area contributed by atoms with E-state index in [1.165, 1.54) is 7.11 Å². The summed E-state index contributed by atoms with van der Waals surface area (Å²) in [5, 5.41) is 3.33. The zero-order valence-electron chi connectivity index (χ0n) is 13.9. The molecule has 0 aliphatic carbocycles. The summed E-state index contributed by atoms with van der Waals surface area (Å²) in [5.41, 5.74) is 3.35. The Morgan fingerprint density at radius 1 is 1.12 bits per heavy atom. The van der Waals surface area contributed by atoms with E-state index in [-0.39, 0.29) is 5.91 Å². The molecule has 0 aliphatic rings. The maximum Gasteiger partial charge on any atom is 0.328 e. The van der Waals surface area contributed by atoms with Crippen molar-refractivity contribution in [1.82, 2.24) is 5.32 Å². The van der Waals surface area contributed by atoms with E-state index in [2.05, 4.69) is 5.32 Å². The van der Waals surface area contributed by atoms with Crippen molar-refractivity contribution >= 4 is 23.5 Å². The van der Waals surface area contributed by atoms with Crippen LogP contribution in [0, 0.1) is 13.8 Å². The van der Waals surface area contributed by atoms with Gasteiger partial charge >= 0.3 is 5.97 Å². The molecule has 24 heavy (non-hydrogen) atoms. The highest BCUT2D eigenvalue weighted by Crippen LogP contribution is 2.14. The van der Waals surface area contributed by atoms with Crippen molar-refractivity contribution < 1.29 is 14.3 Å². The number of carbonyl (C=O) groups excluding carboxylic acids is 2. The Hall–Kier alpha value is -2.33. The average molecular weight is 346 g/mol. The number of amides is 1. The number of benzene rings is 2. The third-order valence-electron chi connectivity index (χ3n) is 3.60. The summed E-state index contributed by atoms with van der Waals surface area (Å²) in [7, 11) is 1.30. The molecule has 0 spiro atoms. The number of rotatable bonds is 5. The Morgan fingerprint density at radius 3 is 2.38 bits per heavy atom. The predicted octanol–water partition coefficient (Wildman–Crippen LogP) is 3.47. The molecule has 0 saturated carbocycles. The molecule has 2 aromatic rings. The molecule has 2 rings (SSSR count). The van der Waals surface area contributed by atoms with Crippen molar-refractivity contribution in [2.24, 2.45) is 0 Å². The number of halogens is 1. The summed E-state index contributed by atoms with van der Waals surface area (Å²) < 4.78 is 4.81. The average Bonchev–Trinajstić information content (AvgIpc) is 2.52. The van der Waals surface area contributed by atoms with Gasteiger partial charge in [-0.2, -0.15) is 0 Å². The molecular weight excluding hydrogens is 326 g/mol. The van der Waals surface area contributed by atoms with Crippen LogP contribution in [0.1, 0.15) is 27.0 Å². The van der Waals surface area contributed by atoms with Gasteiger partial charge in [-0.25, -0.2) is 4.79 Å². The third kappa shape index (κ3) is 4.83. The minimum absolute atomic E-state index is 0.306. The monoisotopic (exact) mass is 345 g/mol. The van der Waals surface area contributed by atoms with Crippen LogP contribution in [0.25, 0.3) is 0 Å². The topological polar surface area (TPSA) is 55.4 Å². The van der Waals surface area contributed by atoms with Crippen LogP contribution in [0.3, 0.4) is 0 Å².